The summed E-state index contributed by atoms with van der Waals surface area (Å²) in [5, 5.41) is 1.26. The van der Waals surface area contributed by atoms with Gasteiger partial charge in [-0.2, -0.15) is 0 Å². The number of aryl methyl sites for hydroxylation is 3. The number of fused-ring (bicyclic) bond motifs is 1. The minimum absolute atomic E-state index is 0.992. The summed E-state index contributed by atoms with van der Waals surface area (Å²) in [6.07, 6.45) is 1.09. The second-order valence-corrected chi connectivity index (χ2v) is 3.47. The SMILES string of the molecule is CCc1ccc2oc(C)cc2c1C. The summed E-state index contributed by atoms with van der Waals surface area (Å²) in [4.78, 5) is 0. The molecular formula is C12H14O. The van der Waals surface area contributed by atoms with Crippen molar-refractivity contribution in [2.24, 2.45) is 0 Å². The lowest BCUT2D eigenvalue weighted by molar-refractivity contribution is 0.578. The van der Waals surface area contributed by atoms with Gasteiger partial charge in [0.1, 0.15) is 11.3 Å². The first-order chi connectivity index (χ1) is 6.22. The third-order valence-corrected chi connectivity index (χ3v) is 2.59. The summed E-state index contributed by atoms with van der Waals surface area (Å²) in [5.74, 6) is 0.992. The van der Waals surface area contributed by atoms with E-state index in [4.69, 9.17) is 4.42 Å². The Kier molecular flexibility index (Phi) is 1.87. The van der Waals surface area contributed by atoms with Crippen molar-refractivity contribution in [1.29, 1.82) is 0 Å². The van der Waals surface area contributed by atoms with Crippen molar-refractivity contribution in [3.63, 3.8) is 0 Å². The molecule has 0 fully saturated rings. The maximum Gasteiger partial charge on any atom is 0.134 e. The first kappa shape index (κ1) is 8.36. The van der Waals surface area contributed by atoms with E-state index in [1.54, 1.807) is 0 Å². The Labute approximate surface area is 78.4 Å². The molecule has 0 amide bonds. The van der Waals surface area contributed by atoms with E-state index in [2.05, 4.69) is 32.0 Å². The lowest BCUT2D eigenvalue weighted by Crippen LogP contribution is -1.85. The van der Waals surface area contributed by atoms with Crippen molar-refractivity contribution in [3.05, 3.63) is 35.1 Å². The Morgan fingerprint density at radius 1 is 1.23 bits per heavy atom. The molecule has 0 saturated heterocycles. The zero-order valence-corrected chi connectivity index (χ0v) is 8.35. The maximum absolute atomic E-state index is 5.55. The number of rotatable bonds is 1. The van der Waals surface area contributed by atoms with Crippen LogP contribution in [0.1, 0.15) is 23.8 Å². The van der Waals surface area contributed by atoms with Gasteiger partial charge in [-0.25, -0.2) is 0 Å². The van der Waals surface area contributed by atoms with Crippen LogP contribution in [0.15, 0.2) is 22.6 Å². The smallest absolute Gasteiger partial charge is 0.134 e. The van der Waals surface area contributed by atoms with Gasteiger partial charge in [-0.1, -0.05) is 13.0 Å². The summed E-state index contributed by atoms with van der Waals surface area (Å²) in [6, 6.07) is 6.33. The van der Waals surface area contributed by atoms with E-state index in [1.807, 2.05) is 6.92 Å². The van der Waals surface area contributed by atoms with Gasteiger partial charge in [-0.15, -0.1) is 0 Å². The molecule has 1 aromatic carbocycles. The molecule has 0 aliphatic heterocycles. The second kappa shape index (κ2) is 2.91. The summed E-state index contributed by atoms with van der Waals surface area (Å²) in [5.41, 5.74) is 3.78. The van der Waals surface area contributed by atoms with Gasteiger partial charge in [0.05, 0.1) is 0 Å². The molecule has 68 valence electrons. The Morgan fingerprint density at radius 3 is 2.69 bits per heavy atom. The van der Waals surface area contributed by atoms with Crippen LogP contribution in [0, 0.1) is 13.8 Å². The van der Waals surface area contributed by atoms with Crippen molar-refractivity contribution in [1.82, 2.24) is 0 Å². The molecule has 2 aromatic rings. The normalized spacial score (nSPS) is 11.0. The molecule has 1 nitrogen and oxygen atoms in total. The highest BCUT2D eigenvalue weighted by molar-refractivity contribution is 5.82. The van der Waals surface area contributed by atoms with Crippen LogP contribution in [-0.2, 0) is 6.42 Å². The van der Waals surface area contributed by atoms with Crippen LogP contribution >= 0.6 is 0 Å². The first-order valence-electron chi connectivity index (χ1n) is 4.71. The highest BCUT2D eigenvalue weighted by atomic mass is 16.3. The average molecular weight is 174 g/mol. The second-order valence-electron chi connectivity index (χ2n) is 3.47. The van der Waals surface area contributed by atoms with E-state index in [9.17, 15) is 0 Å². The molecule has 0 spiro atoms. The van der Waals surface area contributed by atoms with Gasteiger partial charge in [0.15, 0.2) is 0 Å². The standard InChI is InChI=1S/C12H14O/c1-4-10-5-6-12-11(9(10)3)7-8(2)13-12/h5-7H,4H2,1-3H3. The lowest BCUT2D eigenvalue weighted by Gasteiger charge is -2.02. The molecule has 1 heterocycles. The predicted octanol–water partition coefficient (Wildman–Crippen LogP) is 3.61. The van der Waals surface area contributed by atoms with Crippen LogP contribution in [0.25, 0.3) is 11.0 Å². The molecule has 0 radical (unpaired) electrons. The van der Waals surface area contributed by atoms with Gasteiger partial charge in [0.25, 0.3) is 0 Å². The Balaban J connectivity index is 2.78. The molecule has 0 unspecified atom stereocenters. The fourth-order valence-corrected chi connectivity index (χ4v) is 1.81. The van der Waals surface area contributed by atoms with Crippen molar-refractivity contribution < 1.29 is 4.42 Å². The van der Waals surface area contributed by atoms with Crippen molar-refractivity contribution in [2.75, 3.05) is 0 Å². The summed E-state index contributed by atoms with van der Waals surface area (Å²) < 4.78 is 5.55. The zero-order chi connectivity index (χ0) is 9.42. The van der Waals surface area contributed by atoms with Crippen LogP contribution in [-0.4, -0.2) is 0 Å². The van der Waals surface area contributed by atoms with E-state index in [0.29, 0.717) is 0 Å². The summed E-state index contributed by atoms with van der Waals surface area (Å²) in [7, 11) is 0. The van der Waals surface area contributed by atoms with Crippen LogP contribution in [0.3, 0.4) is 0 Å². The molecule has 0 aliphatic carbocycles. The zero-order valence-electron chi connectivity index (χ0n) is 8.35. The quantitative estimate of drug-likeness (QED) is 0.643. The van der Waals surface area contributed by atoms with E-state index in [0.717, 1.165) is 17.8 Å². The molecule has 0 saturated carbocycles. The Bertz CT molecular complexity index is 438. The molecule has 0 N–H and O–H groups in total. The van der Waals surface area contributed by atoms with Crippen molar-refractivity contribution in [2.45, 2.75) is 27.2 Å². The molecule has 0 aliphatic rings. The molecule has 1 aromatic heterocycles. The summed E-state index contributed by atoms with van der Waals surface area (Å²) >= 11 is 0. The minimum Gasteiger partial charge on any atom is -0.461 e. The largest absolute Gasteiger partial charge is 0.461 e. The monoisotopic (exact) mass is 174 g/mol. The number of hydrogen-bond donors (Lipinski definition) is 0. The molecule has 0 atom stereocenters. The predicted molar refractivity (Wildman–Crippen MR) is 55.1 cm³/mol. The van der Waals surface area contributed by atoms with Crippen LogP contribution in [0.2, 0.25) is 0 Å². The molecular weight excluding hydrogens is 160 g/mol. The molecule has 2 rings (SSSR count). The minimum atomic E-state index is 0.992. The van der Waals surface area contributed by atoms with Crippen LogP contribution in [0.4, 0.5) is 0 Å². The number of furan rings is 1. The third-order valence-electron chi connectivity index (χ3n) is 2.59. The van der Waals surface area contributed by atoms with Gasteiger partial charge in [-0.3, -0.25) is 0 Å². The molecule has 0 bridgehead atoms. The number of hydrogen-bond acceptors (Lipinski definition) is 1. The molecule has 13 heavy (non-hydrogen) atoms. The first-order valence-corrected chi connectivity index (χ1v) is 4.71. The highest BCUT2D eigenvalue weighted by Crippen LogP contribution is 2.25. The van der Waals surface area contributed by atoms with Crippen molar-refractivity contribution in [3.8, 4) is 0 Å². The Hall–Kier alpha value is -1.24. The van der Waals surface area contributed by atoms with Crippen LogP contribution in [0.5, 0.6) is 0 Å². The maximum atomic E-state index is 5.55. The van der Waals surface area contributed by atoms with Crippen molar-refractivity contribution >= 4 is 11.0 Å². The van der Waals surface area contributed by atoms with Gasteiger partial charge >= 0.3 is 0 Å². The summed E-state index contributed by atoms with van der Waals surface area (Å²) in [6.45, 7) is 6.34. The molecule has 1 heteroatoms. The average Bonchev–Trinajstić information content (AvgIpc) is 2.47. The van der Waals surface area contributed by atoms with Gasteiger partial charge in [-0.05, 0) is 43.5 Å². The third kappa shape index (κ3) is 1.24. The van der Waals surface area contributed by atoms with E-state index in [-0.39, 0.29) is 0 Å². The van der Waals surface area contributed by atoms with E-state index >= 15 is 0 Å². The van der Waals surface area contributed by atoms with Gasteiger partial charge in [0.2, 0.25) is 0 Å². The van der Waals surface area contributed by atoms with Crippen LogP contribution < -0.4 is 0 Å². The Morgan fingerprint density at radius 2 is 2.00 bits per heavy atom. The van der Waals surface area contributed by atoms with E-state index in [1.165, 1.54) is 16.5 Å². The van der Waals surface area contributed by atoms with Gasteiger partial charge in [0, 0.05) is 5.39 Å². The lowest BCUT2D eigenvalue weighted by atomic mass is 10.0. The topological polar surface area (TPSA) is 13.1 Å². The fraction of sp³-hybridized carbons (Fsp3) is 0.333. The fourth-order valence-electron chi connectivity index (χ4n) is 1.81. The van der Waals surface area contributed by atoms with Gasteiger partial charge < -0.3 is 4.42 Å². The highest BCUT2D eigenvalue weighted by Gasteiger charge is 2.05. The number of benzene rings is 1. The van der Waals surface area contributed by atoms with E-state index < -0.39 is 0 Å².